The Balaban J connectivity index is 2.15. The van der Waals surface area contributed by atoms with Crippen LogP contribution in [0.15, 0.2) is 36.4 Å². The van der Waals surface area contributed by atoms with Crippen LogP contribution in [0.5, 0.6) is 0 Å². The number of aryl methyl sites for hydroxylation is 2. The van der Waals surface area contributed by atoms with Crippen molar-refractivity contribution in [1.82, 2.24) is 0 Å². The number of nitrogens with zero attached hydrogens (tertiary/aromatic N) is 2. The summed E-state index contributed by atoms with van der Waals surface area (Å²) in [5.74, 6) is 0. The van der Waals surface area contributed by atoms with Crippen molar-refractivity contribution in [2.45, 2.75) is 53.1 Å². The highest BCUT2D eigenvalue weighted by Crippen LogP contribution is 2.45. The highest BCUT2D eigenvalue weighted by atomic mass is 15.4. The molecule has 2 aromatic carbocycles. The van der Waals surface area contributed by atoms with Crippen LogP contribution in [-0.4, -0.2) is 13.2 Å². The van der Waals surface area contributed by atoms with Gasteiger partial charge in [-0.3, -0.25) is 0 Å². The number of hydrogen-bond acceptors (Lipinski definition) is 2. The monoisotopic (exact) mass is 308 g/mol. The zero-order valence-corrected chi connectivity index (χ0v) is 15.4. The van der Waals surface area contributed by atoms with E-state index in [0.29, 0.717) is 6.17 Å². The first-order valence-electron chi connectivity index (χ1n) is 8.44. The zero-order valence-electron chi connectivity index (χ0n) is 15.4. The van der Waals surface area contributed by atoms with Crippen LogP contribution < -0.4 is 9.80 Å². The summed E-state index contributed by atoms with van der Waals surface area (Å²) in [5, 5.41) is 0. The normalized spacial score (nSPS) is 17.6. The van der Waals surface area contributed by atoms with E-state index in [1.54, 1.807) is 0 Å². The van der Waals surface area contributed by atoms with Crippen LogP contribution in [0.2, 0.25) is 0 Å². The summed E-state index contributed by atoms with van der Waals surface area (Å²) < 4.78 is 0. The highest BCUT2D eigenvalue weighted by molar-refractivity contribution is 5.85. The molecule has 0 saturated carbocycles. The van der Waals surface area contributed by atoms with E-state index in [-0.39, 0.29) is 5.41 Å². The summed E-state index contributed by atoms with van der Waals surface area (Å²) in [6, 6.07) is 13.6. The summed E-state index contributed by atoms with van der Waals surface area (Å²) in [5.41, 5.74) is 8.13. The second-order valence-electron chi connectivity index (χ2n) is 7.86. The molecule has 0 aromatic heterocycles. The number of fused-ring (bicyclic) bond motifs is 1. The fourth-order valence-electron chi connectivity index (χ4n) is 3.36. The summed E-state index contributed by atoms with van der Waals surface area (Å²) >= 11 is 0. The largest absolute Gasteiger partial charge is 0.353 e. The molecule has 1 aliphatic heterocycles. The first-order valence-corrected chi connectivity index (χ1v) is 8.44. The van der Waals surface area contributed by atoms with Crippen molar-refractivity contribution in [2.75, 3.05) is 16.8 Å². The Morgan fingerprint density at radius 2 is 1.57 bits per heavy atom. The van der Waals surface area contributed by atoms with Gasteiger partial charge in [0, 0.05) is 12.7 Å². The van der Waals surface area contributed by atoms with Crippen molar-refractivity contribution in [3.05, 3.63) is 53.1 Å². The van der Waals surface area contributed by atoms with E-state index in [4.69, 9.17) is 0 Å². The molecule has 1 aliphatic rings. The lowest BCUT2D eigenvalue weighted by Gasteiger charge is -2.29. The van der Waals surface area contributed by atoms with E-state index in [1.807, 2.05) is 0 Å². The van der Waals surface area contributed by atoms with Gasteiger partial charge in [-0.05, 0) is 61.1 Å². The Kier molecular flexibility index (Phi) is 3.66. The van der Waals surface area contributed by atoms with E-state index in [2.05, 4.69) is 94.8 Å². The van der Waals surface area contributed by atoms with Crippen LogP contribution in [0.4, 0.5) is 17.1 Å². The van der Waals surface area contributed by atoms with Crippen LogP contribution in [0.25, 0.3) is 0 Å². The maximum absolute atomic E-state index is 2.46. The van der Waals surface area contributed by atoms with Gasteiger partial charge < -0.3 is 9.80 Å². The molecule has 1 heterocycles. The van der Waals surface area contributed by atoms with Crippen LogP contribution in [0, 0.1) is 13.8 Å². The average molecular weight is 308 g/mol. The Bertz CT molecular complexity index is 740. The lowest BCUT2D eigenvalue weighted by Crippen LogP contribution is -2.35. The SMILES string of the molecule is Cc1ccc(C)c(N2c3ccc(C(C)(C)C)cc3N(C)[C@@H]2C)c1. The molecule has 2 aromatic rings. The van der Waals surface area contributed by atoms with E-state index in [1.165, 1.54) is 33.8 Å². The van der Waals surface area contributed by atoms with E-state index < -0.39 is 0 Å². The summed E-state index contributed by atoms with van der Waals surface area (Å²) in [4.78, 5) is 4.84. The molecule has 1 atom stereocenters. The number of rotatable bonds is 1. The third-order valence-electron chi connectivity index (χ3n) is 5.04. The maximum atomic E-state index is 2.46. The van der Waals surface area contributed by atoms with Crippen LogP contribution in [-0.2, 0) is 5.41 Å². The molecule has 0 bridgehead atoms. The Morgan fingerprint density at radius 3 is 2.22 bits per heavy atom. The summed E-state index contributed by atoms with van der Waals surface area (Å²) in [7, 11) is 2.20. The molecule has 23 heavy (non-hydrogen) atoms. The molecule has 0 saturated heterocycles. The van der Waals surface area contributed by atoms with E-state index in [0.717, 1.165) is 0 Å². The van der Waals surface area contributed by atoms with Gasteiger partial charge in [0.1, 0.15) is 6.17 Å². The molecule has 122 valence electrons. The third-order valence-corrected chi connectivity index (χ3v) is 5.04. The second kappa shape index (κ2) is 5.30. The fourth-order valence-corrected chi connectivity index (χ4v) is 3.36. The smallest absolute Gasteiger partial charge is 0.103 e. The molecule has 0 fully saturated rings. The number of hydrogen-bond donors (Lipinski definition) is 0. The first kappa shape index (κ1) is 15.9. The van der Waals surface area contributed by atoms with Crippen molar-refractivity contribution in [3.63, 3.8) is 0 Å². The van der Waals surface area contributed by atoms with Crippen molar-refractivity contribution < 1.29 is 0 Å². The number of anilines is 3. The third kappa shape index (κ3) is 2.60. The minimum Gasteiger partial charge on any atom is -0.353 e. The van der Waals surface area contributed by atoms with Crippen molar-refractivity contribution in [1.29, 1.82) is 0 Å². The molecule has 2 heteroatoms. The molecular weight excluding hydrogens is 280 g/mol. The molecule has 3 rings (SSSR count). The molecular formula is C21H28N2. The molecule has 0 N–H and O–H groups in total. The topological polar surface area (TPSA) is 6.48 Å². The number of benzene rings is 2. The van der Waals surface area contributed by atoms with Gasteiger partial charge in [-0.15, -0.1) is 0 Å². The summed E-state index contributed by atoms with van der Waals surface area (Å²) in [6.07, 6.45) is 0.320. The zero-order chi connectivity index (χ0) is 16.9. The molecule has 0 unspecified atom stereocenters. The van der Waals surface area contributed by atoms with Gasteiger partial charge in [-0.1, -0.05) is 39.0 Å². The lowest BCUT2D eigenvalue weighted by atomic mass is 9.86. The van der Waals surface area contributed by atoms with Crippen LogP contribution >= 0.6 is 0 Å². The molecule has 0 amide bonds. The Labute approximate surface area is 140 Å². The predicted molar refractivity (Wildman–Crippen MR) is 101 cm³/mol. The van der Waals surface area contributed by atoms with Crippen LogP contribution in [0.1, 0.15) is 44.4 Å². The summed E-state index contributed by atoms with van der Waals surface area (Å²) in [6.45, 7) is 13.5. The Hall–Kier alpha value is -1.96. The first-order chi connectivity index (χ1) is 10.7. The van der Waals surface area contributed by atoms with Crippen molar-refractivity contribution in [3.8, 4) is 0 Å². The van der Waals surface area contributed by atoms with Gasteiger partial charge >= 0.3 is 0 Å². The molecule has 2 nitrogen and oxygen atoms in total. The minimum atomic E-state index is 0.172. The van der Waals surface area contributed by atoms with E-state index in [9.17, 15) is 0 Å². The standard InChI is InChI=1S/C21H28N2/c1-14-8-9-15(2)19(12-14)23-16(3)22(7)20-13-17(21(4,5)6)10-11-18(20)23/h8-13,16H,1-7H3/t16-/m0/s1. The average Bonchev–Trinajstić information content (AvgIpc) is 2.72. The van der Waals surface area contributed by atoms with Gasteiger partial charge in [0.25, 0.3) is 0 Å². The second-order valence-corrected chi connectivity index (χ2v) is 7.86. The van der Waals surface area contributed by atoms with E-state index >= 15 is 0 Å². The molecule has 0 aliphatic carbocycles. The van der Waals surface area contributed by atoms with Crippen molar-refractivity contribution >= 4 is 17.1 Å². The lowest BCUT2D eigenvalue weighted by molar-refractivity contribution is 0.590. The van der Waals surface area contributed by atoms with Gasteiger partial charge in [-0.25, -0.2) is 0 Å². The maximum Gasteiger partial charge on any atom is 0.103 e. The predicted octanol–water partition coefficient (Wildman–Crippen LogP) is 5.53. The molecule has 0 spiro atoms. The van der Waals surface area contributed by atoms with Crippen molar-refractivity contribution in [2.24, 2.45) is 0 Å². The van der Waals surface area contributed by atoms with Gasteiger partial charge in [0.05, 0.1) is 11.4 Å². The van der Waals surface area contributed by atoms with Gasteiger partial charge in [-0.2, -0.15) is 0 Å². The fraction of sp³-hybridized carbons (Fsp3) is 0.429. The van der Waals surface area contributed by atoms with Crippen LogP contribution in [0.3, 0.4) is 0 Å². The quantitative estimate of drug-likeness (QED) is 0.683. The van der Waals surface area contributed by atoms with Gasteiger partial charge in [0.15, 0.2) is 0 Å². The minimum absolute atomic E-state index is 0.172. The van der Waals surface area contributed by atoms with Gasteiger partial charge in [0.2, 0.25) is 0 Å². The highest BCUT2D eigenvalue weighted by Gasteiger charge is 2.33. The molecule has 0 radical (unpaired) electrons. The Morgan fingerprint density at radius 1 is 0.870 bits per heavy atom.